The molecule has 11 heteroatoms. The molecule has 0 fully saturated rings. The number of nitrogens with zero attached hydrogens (tertiary/aromatic N) is 5. The van der Waals surface area contributed by atoms with Crippen LogP contribution in [0.3, 0.4) is 0 Å². The zero-order valence-electron chi connectivity index (χ0n) is 20.1. The first kappa shape index (κ1) is 25.0. The first-order valence-electron chi connectivity index (χ1n) is 11.1. The Morgan fingerprint density at radius 1 is 1.11 bits per heavy atom. The van der Waals surface area contributed by atoms with Crippen LogP contribution in [0.25, 0.3) is 16.3 Å². The van der Waals surface area contributed by atoms with Crippen molar-refractivity contribution in [2.75, 3.05) is 7.11 Å². The second kappa shape index (κ2) is 10.4. The summed E-state index contributed by atoms with van der Waals surface area (Å²) in [5.74, 6) is 0.350. The Morgan fingerprint density at radius 2 is 1.89 bits per heavy atom. The second-order valence-electron chi connectivity index (χ2n) is 8.01. The average molecular weight is 597 g/mol. The van der Waals surface area contributed by atoms with Gasteiger partial charge in [0.1, 0.15) is 0 Å². The molecule has 8 nitrogen and oxygen atoms in total. The highest BCUT2D eigenvalue weighted by Gasteiger charge is 2.17. The molecular formula is C26H22BrN5O3S2. The van der Waals surface area contributed by atoms with Crippen molar-refractivity contribution >= 4 is 50.5 Å². The van der Waals surface area contributed by atoms with E-state index in [-0.39, 0.29) is 11.3 Å². The number of phenolic OH excluding ortho intramolecular Hbond substituents is 1. The third-order valence-corrected chi connectivity index (χ3v) is 8.10. The van der Waals surface area contributed by atoms with Crippen molar-refractivity contribution in [1.82, 2.24) is 14.0 Å². The van der Waals surface area contributed by atoms with E-state index < -0.39 is 0 Å². The number of thiazole rings is 1. The van der Waals surface area contributed by atoms with Crippen molar-refractivity contribution in [3.63, 3.8) is 0 Å². The number of ether oxygens (including phenoxy) is 1. The van der Waals surface area contributed by atoms with Gasteiger partial charge in [0.25, 0.3) is 5.56 Å². The van der Waals surface area contributed by atoms with E-state index in [0.717, 1.165) is 22.0 Å². The average Bonchev–Trinajstić information content (AvgIpc) is 3.62. The number of para-hydroxylation sites is 1. The summed E-state index contributed by atoms with van der Waals surface area (Å²) in [6, 6.07) is 16.9. The fourth-order valence-corrected chi connectivity index (χ4v) is 5.90. The van der Waals surface area contributed by atoms with Gasteiger partial charge in [0.15, 0.2) is 17.2 Å². The number of halogens is 1. The molecule has 3 heterocycles. The van der Waals surface area contributed by atoms with E-state index >= 15 is 0 Å². The second-order valence-corrected chi connectivity index (χ2v) is 10.7. The SMILES string of the molecule is COc1cc(C=Nn2c(-c3cccs3)csc2=Nc2c(C)n(C)n(-c3ccccc3)c2=O)cc(Br)c1O. The highest BCUT2D eigenvalue weighted by Crippen LogP contribution is 2.34. The van der Waals surface area contributed by atoms with Gasteiger partial charge in [-0.3, -0.25) is 9.48 Å². The molecule has 5 aromatic rings. The molecule has 188 valence electrons. The fourth-order valence-electron chi connectivity index (χ4n) is 3.81. The first-order valence-corrected chi connectivity index (χ1v) is 13.7. The Morgan fingerprint density at radius 3 is 2.59 bits per heavy atom. The number of rotatable bonds is 6. The smallest absolute Gasteiger partial charge is 0.297 e. The van der Waals surface area contributed by atoms with Crippen molar-refractivity contribution in [2.24, 2.45) is 17.1 Å². The monoisotopic (exact) mass is 595 g/mol. The Balaban J connectivity index is 1.67. The zero-order chi connectivity index (χ0) is 26.1. The van der Waals surface area contributed by atoms with E-state index in [2.05, 4.69) is 15.9 Å². The predicted molar refractivity (Wildman–Crippen MR) is 152 cm³/mol. The molecule has 0 atom stereocenters. The summed E-state index contributed by atoms with van der Waals surface area (Å²) in [4.78, 5) is 19.8. The predicted octanol–water partition coefficient (Wildman–Crippen LogP) is 5.67. The number of phenols is 1. The summed E-state index contributed by atoms with van der Waals surface area (Å²) >= 11 is 6.35. The van der Waals surface area contributed by atoms with Crippen molar-refractivity contribution in [1.29, 1.82) is 0 Å². The van der Waals surface area contributed by atoms with Crippen LogP contribution in [0.2, 0.25) is 0 Å². The lowest BCUT2D eigenvalue weighted by Crippen LogP contribution is -2.19. The molecule has 0 bridgehead atoms. The Hall–Kier alpha value is -3.67. The molecule has 37 heavy (non-hydrogen) atoms. The highest BCUT2D eigenvalue weighted by atomic mass is 79.9. The molecule has 0 saturated carbocycles. The van der Waals surface area contributed by atoms with Crippen LogP contribution in [0.4, 0.5) is 5.69 Å². The third-order valence-electron chi connectivity index (χ3n) is 5.78. The van der Waals surface area contributed by atoms with E-state index in [1.54, 1.807) is 43.7 Å². The van der Waals surface area contributed by atoms with Gasteiger partial charge in [-0.15, -0.1) is 22.7 Å². The van der Waals surface area contributed by atoms with Gasteiger partial charge >= 0.3 is 0 Å². The lowest BCUT2D eigenvalue weighted by atomic mass is 10.2. The lowest BCUT2D eigenvalue weighted by molar-refractivity contribution is 0.372. The third kappa shape index (κ3) is 4.73. The first-order chi connectivity index (χ1) is 17.9. The van der Waals surface area contributed by atoms with Gasteiger partial charge in [-0.05, 0) is 64.1 Å². The van der Waals surface area contributed by atoms with Crippen LogP contribution in [-0.4, -0.2) is 32.5 Å². The maximum Gasteiger partial charge on any atom is 0.297 e. The summed E-state index contributed by atoms with van der Waals surface area (Å²) in [6.07, 6.45) is 1.66. The van der Waals surface area contributed by atoms with E-state index in [1.165, 1.54) is 18.4 Å². The van der Waals surface area contributed by atoms with Gasteiger partial charge in [-0.1, -0.05) is 24.3 Å². The van der Waals surface area contributed by atoms with Crippen molar-refractivity contribution in [2.45, 2.75) is 6.92 Å². The minimum atomic E-state index is -0.208. The van der Waals surface area contributed by atoms with Crippen LogP contribution in [0.1, 0.15) is 11.3 Å². The van der Waals surface area contributed by atoms with Crippen LogP contribution in [0, 0.1) is 6.92 Å². The fraction of sp³-hybridized carbons (Fsp3) is 0.115. The van der Waals surface area contributed by atoms with E-state index in [1.807, 2.05) is 67.2 Å². The van der Waals surface area contributed by atoms with Crippen LogP contribution < -0.4 is 15.1 Å². The molecule has 0 aliphatic rings. The van der Waals surface area contributed by atoms with Crippen molar-refractivity contribution in [3.8, 4) is 27.8 Å². The quantitative estimate of drug-likeness (QED) is 0.257. The molecule has 5 rings (SSSR count). The normalized spacial score (nSPS) is 12.1. The summed E-state index contributed by atoms with van der Waals surface area (Å²) in [5, 5.41) is 18.8. The van der Waals surface area contributed by atoms with Gasteiger partial charge in [0, 0.05) is 12.4 Å². The zero-order valence-corrected chi connectivity index (χ0v) is 23.3. The number of aromatic nitrogens is 3. The Kier molecular flexibility index (Phi) is 7.00. The number of benzene rings is 2. The van der Waals surface area contributed by atoms with Crippen LogP contribution in [-0.2, 0) is 7.05 Å². The number of hydrogen-bond donors (Lipinski definition) is 1. The van der Waals surface area contributed by atoms with Gasteiger partial charge < -0.3 is 9.84 Å². The molecular weight excluding hydrogens is 574 g/mol. The molecule has 2 aromatic carbocycles. The van der Waals surface area contributed by atoms with E-state index in [0.29, 0.717) is 26.3 Å². The molecule has 1 N–H and O–H groups in total. The lowest BCUT2D eigenvalue weighted by Gasteiger charge is -2.07. The molecule has 0 aliphatic carbocycles. The maximum atomic E-state index is 13.4. The van der Waals surface area contributed by atoms with Gasteiger partial charge in [-0.25, -0.2) is 14.4 Å². The van der Waals surface area contributed by atoms with Crippen molar-refractivity contribution in [3.05, 3.63) is 96.2 Å². The molecule has 0 unspecified atom stereocenters. The van der Waals surface area contributed by atoms with Crippen molar-refractivity contribution < 1.29 is 9.84 Å². The van der Waals surface area contributed by atoms with Gasteiger partial charge in [0.05, 0.1) is 39.7 Å². The number of hydrogen-bond acceptors (Lipinski definition) is 7. The van der Waals surface area contributed by atoms with E-state index in [4.69, 9.17) is 14.8 Å². The van der Waals surface area contributed by atoms with Crippen LogP contribution in [0.15, 0.2) is 84.7 Å². The number of aromatic hydroxyl groups is 1. The molecule has 0 spiro atoms. The summed E-state index contributed by atoms with van der Waals surface area (Å²) in [7, 11) is 3.34. The highest BCUT2D eigenvalue weighted by molar-refractivity contribution is 9.10. The molecule has 0 amide bonds. The molecule has 0 saturated heterocycles. The Bertz CT molecular complexity index is 1730. The molecule has 3 aromatic heterocycles. The number of methoxy groups -OCH3 is 1. The Labute approximate surface area is 228 Å². The van der Waals surface area contributed by atoms with Crippen LogP contribution in [0.5, 0.6) is 11.5 Å². The summed E-state index contributed by atoms with van der Waals surface area (Å²) in [6.45, 7) is 1.88. The molecule has 0 aliphatic heterocycles. The topological polar surface area (TPSA) is 86.0 Å². The van der Waals surface area contributed by atoms with Gasteiger partial charge in [0.2, 0.25) is 4.80 Å². The minimum absolute atomic E-state index is 0.0204. The maximum absolute atomic E-state index is 13.4. The summed E-state index contributed by atoms with van der Waals surface area (Å²) in [5.41, 5.74) is 3.22. The standard InChI is InChI=1S/C26H22BrN5O3S2/c1-16-23(25(34)32(30(16)2)18-8-5-4-6-9-18)29-26-31(20(15-37-26)22-10-7-11-36-22)28-14-17-12-19(27)24(33)21(13-17)35-3/h4-15,33H,1-3H3. The number of thiophene rings is 1. The largest absolute Gasteiger partial charge is 0.503 e. The van der Waals surface area contributed by atoms with E-state index in [9.17, 15) is 9.90 Å². The van der Waals surface area contributed by atoms with Gasteiger partial charge in [-0.2, -0.15) is 5.10 Å². The summed E-state index contributed by atoms with van der Waals surface area (Å²) < 4.78 is 10.9. The molecule has 0 radical (unpaired) electrons. The van der Waals surface area contributed by atoms with Crippen LogP contribution >= 0.6 is 38.6 Å². The minimum Gasteiger partial charge on any atom is -0.503 e.